The van der Waals surface area contributed by atoms with Crippen molar-refractivity contribution in [1.29, 1.82) is 0 Å². The van der Waals surface area contributed by atoms with Crippen LogP contribution in [0.5, 0.6) is 0 Å². The standard InChI is InChI=1S/C21H16F3N3O4/c1-2-31-18(29)16-15-17(28)27(14-10-6-9-13(11-14)21(22,23)24)19(30)20(15,26-25-16)12-7-4-3-5-8-12/h3-11,15,26H,2H2,1H3/t15?,20-/m1/s1. The highest BCUT2D eigenvalue weighted by Crippen LogP contribution is 2.45. The lowest BCUT2D eigenvalue weighted by atomic mass is 9.79. The molecule has 2 aromatic carbocycles. The highest BCUT2D eigenvalue weighted by atomic mass is 19.4. The van der Waals surface area contributed by atoms with Crippen molar-refractivity contribution >= 4 is 29.2 Å². The van der Waals surface area contributed by atoms with E-state index in [0.717, 1.165) is 18.2 Å². The highest BCUT2D eigenvalue weighted by Gasteiger charge is 2.67. The molecule has 1 unspecified atom stereocenters. The Balaban J connectivity index is 1.86. The number of imide groups is 1. The Morgan fingerprint density at radius 2 is 1.87 bits per heavy atom. The van der Waals surface area contributed by atoms with Crippen LogP contribution in [0.3, 0.4) is 0 Å². The van der Waals surface area contributed by atoms with Gasteiger partial charge < -0.3 is 4.74 Å². The molecule has 0 aromatic heterocycles. The first-order chi connectivity index (χ1) is 14.7. The number of rotatable bonds is 4. The molecule has 2 atom stereocenters. The molecule has 31 heavy (non-hydrogen) atoms. The van der Waals surface area contributed by atoms with Crippen LogP contribution >= 0.6 is 0 Å². The minimum Gasteiger partial charge on any atom is -0.461 e. The fraction of sp³-hybridized carbons (Fsp3) is 0.238. The summed E-state index contributed by atoms with van der Waals surface area (Å²) in [6.07, 6.45) is -4.66. The lowest BCUT2D eigenvalue weighted by Crippen LogP contribution is -2.48. The van der Waals surface area contributed by atoms with E-state index in [4.69, 9.17) is 4.74 Å². The number of carbonyl (C=O) groups excluding carboxylic acids is 3. The molecule has 7 nitrogen and oxygen atoms in total. The van der Waals surface area contributed by atoms with Crippen LogP contribution < -0.4 is 10.3 Å². The zero-order valence-electron chi connectivity index (χ0n) is 16.1. The first-order valence-corrected chi connectivity index (χ1v) is 9.35. The molecule has 0 spiro atoms. The summed E-state index contributed by atoms with van der Waals surface area (Å²) in [6, 6.07) is 12.0. The van der Waals surface area contributed by atoms with Gasteiger partial charge in [0, 0.05) is 0 Å². The van der Waals surface area contributed by atoms with Crippen LogP contribution in [0.4, 0.5) is 18.9 Å². The zero-order valence-corrected chi connectivity index (χ0v) is 16.1. The van der Waals surface area contributed by atoms with Crippen molar-refractivity contribution in [2.75, 3.05) is 11.5 Å². The SMILES string of the molecule is CCOC(=O)C1=NN[C@@]2(c3ccccc3)C(=O)N(c3cccc(C(F)(F)F)c3)C(=O)C12. The monoisotopic (exact) mass is 431 g/mol. The Kier molecular flexibility index (Phi) is 4.79. The number of anilines is 1. The second kappa shape index (κ2) is 7.22. The average Bonchev–Trinajstić information content (AvgIpc) is 3.24. The van der Waals surface area contributed by atoms with Crippen molar-refractivity contribution in [3.8, 4) is 0 Å². The summed E-state index contributed by atoms with van der Waals surface area (Å²) in [6.45, 7) is 1.59. The van der Waals surface area contributed by atoms with Crippen LogP contribution in [0, 0.1) is 5.92 Å². The molecule has 4 rings (SSSR count). The van der Waals surface area contributed by atoms with Crippen molar-refractivity contribution in [2.24, 2.45) is 11.0 Å². The maximum atomic E-state index is 13.5. The van der Waals surface area contributed by atoms with Gasteiger partial charge in [0.1, 0.15) is 5.92 Å². The van der Waals surface area contributed by atoms with Gasteiger partial charge in [-0.3, -0.25) is 15.0 Å². The topological polar surface area (TPSA) is 88.1 Å². The van der Waals surface area contributed by atoms with Crippen molar-refractivity contribution in [3.05, 3.63) is 65.7 Å². The van der Waals surface area contributed by atoms with Gasteiger partial charge in [-0.15, -0.1) is 0 Å². The number of esters is 1. The quantitative estimate of drug-likeness (QED) is 0.594. The van der Waals surface area contributed by atoms with Gasteiger partial charge in [-0.1, -0.05) is 36.4 Å². The number of fused-ring (bicyclic) bond motifs is 1. The van der Waals surface area contributed by atoms with Crippen LogP contribution in [0.15, 0.2) is 59.7 Å². The number of hydrogen-bond acceptors (Lipinski definition) is 6. The Labute approximate surface area is 174 Å². The van der Waals surface area contributed by atoms with Crippen molar-refractivity contribution in [1.82, 2.24) is 5.43 Å². The molecule has 0 radical (unpaired) electrons. The number of halogens is 3. The number of benzene rings is 2. The summed E-state index contributed by atoms with van der Waals surface area (Å²) in [4.78, 5) is 40.0. The van der Waals surface area contributed by atoms with Gasteiger partial charge in [0.05, 0.1) is 17.9 Å². The molecular weight excluding hydrogens is 415 g/mol. The summed E-state index contributed by atoms with van der Waals surface area (Å²) < 4.78 is 44.5. The summed E-state index contributed by atoms with van der Waals surface area (Å²) in [7, 11) is 0. The number of amides is 2. The summed E-state index contributed by atoms with van der Waals surface area (Å²) in [5.41, 5.74) is -0.378. The predicted octanol–water partition coefficient (Wildman–Crippen LogP) is 2.61. The minimum absolute atomic E-state index is 0.0163. The van der Waals surface area contributed by atoms with E-state index in [1.54, 1.807) is 37.3 Å². The summed E-state index contributed by atoms with van der Waals surface area (Å²) in [5.74, 6) is -3.98. The predicted molar refractivity (Wildman–Crippen MR) is 103 cm³/mol. The van der Waals surface area contributed by atoms with E-state index < -0.39 is 41.0 Å². The Morgan fingerprint density at radius 1 is 1.16 bits per heavy atom. The van der Waals surface area contributed by atoms with Crippen LogP contribution in [0.2, 0.25) is 0 Å². The second-order valence-electron chi connectivity index (χ2n) is 6.96. The highest BCUT2D eigenvalue weighted by molar-refractivity contribution is 6.47. The first kappa shape index (κ1) is 20.6. The molecule has 1 saturated heterocycles. The molecule has 2 aliphatic rings. The van der Waals surface area contributed by atoms with Gasteiger partial charge in [0.15, 0.2) is 11.3 Å². The van der Waals surface area contributed by atoms with Crippen LogP contribution in [-0.2, 0) is 30.8 Å². The number of ether oxygens (including phenoxy) is 1. The van der Waals surface area contributed by atoms with E-state index in [2.05, 4.69) is 10.5 Å². The van der Waals surface area contributed by atoms with Crippen LogP contribution in [0.1, 0.15) is 18.1 Å². The van der Waals surface area contributed by atoms with Gasteiger partial charge >= 0.3 is 12.1 Å². The van der Waals surface area contributed by atoms with E-state index in [1.165, 1.54) is 6.07 Å². The molecule has 2 aliphatic heterocycles. The van der Waals surface area contributed by atoms with Crippen LogP contribution in [-0.4, -0.2) is 30.1 Å². The summed E-state index contributed by atoms with van der Waals surface area (Å²) in [5, 5.41) is 3.92. The van der Waals surface area contributed by atoms with E-state index in [0.29, 0.717) is 10.5 Å². The molecule has 160 valence electrons. The maximum absolute atomic E-state index is 13.5. The maximum Gasteiger partial charge on any atom is 0.416 e. The van der Waals surface area contributed by atoms with Crippen molar-refractivity contribution in [3.63, 3.8) is 0 Å². The molecule has 1 N–H and O–H groups in total. The molecular formula is C21H16F3N3O4. The summed E-state index contributed by atoms with van der Waals surface area (Å²) >= 11 is 0. The number of nitrogens with one attached hydrogen (secondary N) is 1. The Bertz CT molecular complexity index is 1100. The van der Waals surface area contributed by atoms with E-state index in [9.17, 15) is 27.6 Å². The molecule has 10 heteroatoms. The van der Waals surface area contributed by atoms with E-state index in [-0.39, 0.29) is 18.0 Å². The largest absolute Gasteiger partial charge is 0.461 e. The molecule has 2 amide bonds. The van der Waals surface area contributed by atoms with E-state index >= 15 is 0 Å². The number of hydrazone groups is 1. The smallest absolute Gasteiger partial charge is 0.416 e. The molecule has 0 saturated carbocycles. The molecule has 1 fully saturated rings. The fourth-order valence-corrected chi connectivity index (χ4v) is 3.85. The number of carbonyl (C=O) groups is 3. The third-order valence-electron chi connectivity index (χ3n) is 5.21. The number of nitrogens with zero attached hydrogens (tertiary/aromatic N) is 2. The number of alkyl halides is 3. The van der Waals surface area contributed by atoms with Gasteiger partial charge in [0.25, 0.3) is 5.91 Å². The molecule has 0 bridgehead atoms. The second-order valence-corrected chi connectivity index (χ2v) is 6.96. The average molecular weight is 431 g/mol. The third kappa shape index (κ3) is 3.06. The number of hydrogen-bond donors (Lipinski definition) is 1. The van der Waals surface area contributed by atoms with Gasteiger partial charge in [-0.05, 0) is 30.7 Å². The fourth-order valence-electron chi connectivity index (χ4n) is 3.85. The lowest BCUT2D eigenvalue weighted by Gasteiger charge is -2.26. The molecule has 2 heterocycles. The normalized spacial score (nSPS) is 22.8. The molecule has 0 aliphatic carbocycles. The lowest BCUT2D eigenvalue weighted by molar-refractivity contribution is -0.138. The van der Waals surface area contributed by atoms with Crippen molar-refractivity contribution in [2.45, 2.75) is 18.6 Å². The first-order valence-electron chi connectivity index (χ1n) is 9.35. The van der Waals surface area contributed by atoms with E-state index in [1.807, 2.05) is 0 Å². The van der Waals surface area contributed by atoms with Gasteiger partial charge in [-0.25, -0.2) is 9.69 Å². The zero-order chi connectivity index (χ0) is 22.4. The third-order valence-corrected chi connectivity index (χ3v) is 5.21. The Morgan fingerprint density at radius 3 is 2.52 bits per heavy atom. The Hall–Kier alpha value is -3.69. The van der Waals surface area contributed by atoms with Gasteiger partial charge in [-0.2, -0.15) is 18.3 Å². The molecule has 2 aromatic rings. The van der Waals surface area contributed by atoms with Crippen molar-refractivity contribution < 1.29 is 32.3 Å². The van der Waals surface area contributed by atoms with Crippen LogP contribution in [0.25, 0.3) is 0 Å². The van der Waals surface area contributed by atoms with Gasteiger partial charge in [0.2, 0.25) is 5.91 Å². The minimum atomic E-state index is -4.66.